The van der Waals surface area contributed by atoms with Crippen LogP contribution in [0.2, 0.25) is 0 Å². The summed E-state index contributed by atoms with van der Waals surface area (Å²) < 4.78 is 114. The van der Waals surface area contributed by atoms with Gasteiger partial charge >= 0.3 is 18.4 Å². The molecule has 4 nitrogen and oxygen atoms in total. The largest absolute Gasteiger partial charge is 0.491 e. The molecule has 2 amide bonds. The van der Waals surface area contributed by atoms with Crippen molar-refractivity contribution in [1.29, 1.82) is 0 Å². The summed E-state index contributed by atoms with van der Waals surface area (Å²) in [5.74, 6) is -2.55. The summed E-state index contributed by atoms with van der Waals surface area (Å²) in [6.45, 7) is 1.53. The van der Waals surface area contributed by atoms with Crippen LogP contribution in [0, 0.1) is 11.6 Å². The molecule has 3 aromatic rings. The zero-order valence-electron chi connectivity index (χ0n) is 20.7. The number of carbonyl (C=O) groups excluding carboxylic acids is 1. The number of rotatable bonds is 8. The number of urea groups is 1. The van der Waals surface area contributed by atoms with E-state index >= 15 is 0 Å². The van der Waals surface area contributed by atoms with E-state index in [1.807, 2.05) is 0 Å². The fourth-order valence-electron chi connectivity index (χ4n) is 4.04. The number of hydrogen-bond acceptors (Lipinski definition) is 2. The summed E-state index contributed by atoms with van der Waals surface area (Å²) in [6, 6.07) is 11.6. The fraction of sp³-hybridized carbons (Fsp3) is 0.296. The summed E-state index contributed by atoms with van der Waals surface area (Å²) in [6.07, 6.45) is -10.7. The van der Waals surface area contributed by atoms with E-state index in [1.165, 1.54) is 6.07 Å². The molecule has 39 heavy (non-hydrogen) atoms. The number of nitrogens with one attached hydrogen (secondary N) is 2. The van der Waals surface area contributed by atoms with E-state index in [9.17, 15) is 39.9 Å². The van der Waals surface area contributed by atoms with Crippen LogP contribution in [-0.4, -0.2) is 24.9 Å². The van der Waals surface area contributed by atoms with Gasteiger partial charge in [0.2, 0.25) is 0 Å². The number of ether oxygens (including phenoxy) is 1. The molecule has 0 aliphatic rings. The Balaban J connectivity index is 2.32. The third-order valence-corrected chi connectivity index (χ3v) is 5.59. The summed E-state index contributed by atoms with van der Waals surface area (Å²) in [4.78, 5) is 12.8. The van der Waals surface area contributed by atoms with Crippen LogP contribution in [0.1, 0.15) is 36.1 Å². The van der Waals surface area contributed by atoms with Crippen molar-refractivity contribution in [2.75, 3.05) is 6.54 Å². The Morgan fingerprint density at radius 1 is 0.872 bits per heavy atom. The quantitative estimate of drug-likeness (QED) is 0.289. The summed E-state index contributed by atoms with van der Waals surface area (Å²) in [5, 5.41) is 3.95. The highest BCUT2D eigenvalue weighted by atomic mass is 19.4. The van der Waals surface area contributed by atoms with Crippen LogP contribution in [0.4, 0.5) is 39.9 Å². The molecule has 3 rings (SSSR count). The average molecular weight is 560 g/mol. The first-order chi connectivity index (χ1) is 18.1. The van der Waals surface area contributed by atoms with E-state index in [0.29, 0.717) is 17.7 Å². The zero-order chi connectivity index (χ0) is 29.0. The minimum atomic E-state index is -5.15. The first-order valence-electron chi connectivity index (χ1n) is 11.6. The smallest absolute Gasteiger partial charge is 0.419 e. The lowest BCUT2D eigenvalue weighted by Gasteiger charge is -2.37. The van der Waals surface area contributed by atoms with Gasteiger partial charge in [0.05, 0.1) is 17.2 Å². The Morgan fingerprint density at radius 3 is 2.13 bits per heavy atom. The van der Waals surface area contributed by atoms with Gasteiger partial charge in [-0.05, 0) is 54.8 Å². The third-order valence-electron chi connectivity index (χ3n) is 5.59. The second-order valence-electron chi connectivity index (χ2n) is 9.03. The highest BCUT2D eigenvalue weighted by molar-refractivity contribution is 5.76. The lowest BCUT2D eigenvalue weighted by atomic mass is 9.77. The van der Waals surface area contributed by atoms with Gasteiger partial charge in [-0.3, -0.25) is 0 Å². The van der Waals surface area contributed by atoms with Crippen molar-refractivity contribution in [3.05, 3.63) is 101 Å². The molecule has 0 aromatic heterocycles. The van der Waals surface area contributed by atoms with Crippen LogP contribution >= 0.6 is 0 Å². The molecule has 0 aliphatic carbocycles. The Kier molecular flexibility index (Phi) is 8.77. The van der Waals surface area contributed by atoms with Crippen LogP contribution in [-0.2, 0) is 18.1 Å². The van der Waals surface area contributed by atoms with E-state index in [2.05, 4.69) is 5.32 Å². The first kappa shape index (κ1) is 29.7. The van der Waals surface area contributed by atoms with Crippen molar-refractivity contribution in [3.63, 3.8) is 0 Å². The minimum Gasteiger partial charge on any atom is -0.491 e. The van der Waals surface area contributed by atoms with E-state index in [0.717, 1.165) is 18.2 Å². The molecule has 0 aliphatic heterocycles. The van der Waals surface area contributed by atoms with Gasteiger partial charge in [0, 0.05) is 12.5 Å². The van der Waals surface area contributed by atoms with Crippen LogP contribution in [0.5, 0.6) is 5.75 Å². The number of benzene rings is 3. The number of halogens is 8. The van der Waals surface area contributed by atoms with E-state index in [4.69, 9.17) is 4.74 Å². The Morgan fingerprint density at radius 2 is 1.54 bits per heavy atom. The second-order valence-corrected chi connectivity index (χ2v) is 9.03. The molecule has 0 radical (unpaired) electrons. The molecule has 210 valence electrons. The molecule has 12 heteroatoms. The van der Waals surface area contributed by atoms with Crippen molar-refractivity contribution in [2.24, 2.45) is 0 Å². The molecular weight excluding hydrogens is 536 g/mol. The topological polar surface area (TPSA) is 50.4 Å². The van der Waals surface area contributed by atoms with Crippen molar-refractivity contribution in [1.82, 2.24) is 10.6 Å². The van der Waals surface area contributed by atoms with Gasteiger partial charge in [-0.25, -0.2) is 13.6 Å². The standard InChI is InChI=1S/C27H24F8N2O2/c1-16(2)39-21-11-19(10-20(28)13-21)25(14-17-6-4-3-5-7-17,37-24(38)36-15-26(30,31)32)18-8-9-23(29)22(12-18)27(33,34)35/h3-13,16H,14-15H2,1-2H3,(H2,36,37,38)/t25-/m1/s1. The maximum absolute atomic E-state index is 14.8. The van der Waals surface area contributed by atoms with Crippen molar-refractivity contribution < 1.29 is 44.7 Å². The number of hydrogen-bond donors (Lipinski definition) is 2. The average Bonchev–Trinajstić information content (AvgIpc) is 2.81. The SMILES string of the molecule is CC(C)Oc1cc(F)cc([C@](Cc2ccccc2)(NC(=O)NCC(F)(F)F)c2ccc(F)c(C(F)(F)F)c2)c1. The predicted molar refractivity (Wildman–Crippen MR) is 127 cm³/mol. The van der Waals surface area contributed by atoms with Crippen LogP contribution < -0.4 is 15.4 Å². The van der Waals surface area contributed by atoms with Gasteiger partial charge in [0.1, 0.15) is 23.9 Å². The van der Waals surface area contributed by atoms with Gasteiger partial charge in [-0.2, -0.15) is 26.3 Å². The van der Waals surface area contributed by atoms with Crippen LogP contribution in [0.25, 0.3) is 0 Å². The number of amides is 2. The van der Waals surface area contributed by atoms with Gasteiger partial charge in [0.25, 0.3) is 0 Å². The fourth-order valence-corrected chi connectivity index (χ4v) is 4.04. The summed E-state index contributed by atoms with van der Waals surface area (Å²) >= 11 is 0. The molecule has 0 saturated heterocycles. The molecule has 0 fully saturated rings. The van der Waals surface area contributed by atoms with E-state index in [-0.39, 0.29) is 23.3 Å². The van der Waals surface area contributed by atoms with Gasteiger partial charge in [-0.15, -0.1) is 0 Å². The molecule has 0 unspecified atom stereocenters. The van der Waals surface area contributed by atoms with E-state index < -0.39 is 53.8 Å². The van der Waals surface area contributed by atoms with E-state index in [1.54, 1.807) is 49.5 Å². The Labute approximate surface area is 219 Å². The maximum atomic E-state index is 14.8. The molecule has 2 N–H and O–H groups in total. The van der Waals surface area contributed by atoms with Crippen LogP contribution in [0.15, 0.2) is 66.7 Å². The van der Waals surface area contributed by atoms with Gasteiger partial charge in [-0.1, -0.05) is 36.4 Å². The molecular formula is C27H24F8N2O2. The highest BCUT2D eigenvalue weighted by Crippen LogP contribution is 2.40. The molecule has 0 heterocycles. The first-order valence-corrected chi connectivity index (χ1v) is 11.6. The second kappa shape index (κ2) is 11.5. The predicted octanol–water partition coefficient (Wildman–Crippen LogP) is 7.12. The van der Waals surface area contributed by atoms with Crippen molar-refractivity contribution >= 4 is 6.03 Å². The van der Waals surface area contributed by atoms with Crippen molar-refractivity contribution in [3.8, 4) is 5.75 Å². The van der Waals surface area contributed by atoms with Crippen molar-refractivity contribution in [2.45, 2.75) is 44.3 Å². The lowest BCUT2D eigenvalue weighted by molar-refractivity contribution is -0.140. The third kappa shape index (κ3) is 7.84. The minimum absolute atomic E-state index is 0.0481. The molecule has 0 bridgehead atoms. The Bertz CT molecular complexity index is 1290. The summed E-state index contributed by atoms with van der Waals surface area (Å²) in [7, 11) is 0. The monoisotopic (exact) mass is 560 g/mol. The molecule has 0 saturated carbocycles. The summed E-state index contributed by atoms with van der Waals surface area (Å²) in [5.41, 5.74) is -3.87. The molecule has 1 atom stereocenters. The highest BCUT2D eigenvalue weighted by Gasteiger charge is 2.41. The van der Waals surface area contributed by atoms with Crippen LogP contribution in [0.3, 0.4) is 0 Å². The molecule has 3 aromatic carbocycles. The Hall–Kier alpha value is -3.83. The number of carbonyl (C=O) groups is 1. The normalized spacial score (nSPS) is 13.6. The lowest BCUT2D eigenvalue weighted by Crippen LogP contribution is -2.53. The zero-order valence-corrected chi connectivity index (χ0v) is 20.7. The van der Waals surface area contributed by atoms with Gasteiger partial charge in [0.15, 0.2) is 0 Å². The molecule has 0 spiro atoms. The number of alkyl halides is 6. The van der Waals surface area contributed by atoms with Gasteiger partial charge < -0.3 is 15.4 Å². The maximum Gasteiger partial charge on any atom is 0.419 e.